The summed E-state index contributed by atoms with van der Waals surface area (Å²) in [5.41, 5.74) is 1.01. The molecule has 22 heavy (non-hydrogen) atoms. The predicted molar refractivity (Wildman–Crippen MR) is 94.2 cm³/mol. The highest BCUT2D eigenvalue weighted by molar-refractivity contribution is 6.84. The van der Waals surface area contributed by atoms with E-state index in [1.54, 1.807) is 12.1 Å². The predicted octanol–water partition coefficient (Wildman–Crippen LogP) is 4.75. The summed E-state index contributed by atoms with van der Waals surface area (Å²) < 4.78 is 19.2. The van der Waals surface area contributed by atoms with E-state index >= 15 is 0 Å². The summed E-state index contributed by atoms with van der Waals surface area (Å²) in [6, 6.07) is 17.0. The molecule has 0 spiro atoms. The molecule has 2 rings (SSSR count). The fraction of sp³-hybridized carbons (Fsp3) is 0.263. The average molecular weight is 314 g/mol. The zero-order valence-corrected chi connectivity index (χ0v) is 14.4. The van der Waals surface area contributed by atoms with E-state index in [4.69, 9.17) is 4.43 Å². The Morgan fingerprint density at radius 2 is 1.68 bits per heavy atom. The Morgan fingerprint density at radius 1 is 1.05 bits per heavy atom. The van der Waals surface area contributed by atoms with Crippen LogP contribution in [0, 0.1) is 5.82 Å². The second-order valence-corrected chi connectivity index (χ2v) is 9.83. The highest BCUT2D eigenvalue weighted by atomic mass is 28.4. The molecule has 0 aliphatic carbocycles. The number of benzene rings is 2. The van der Waals surface area contributed by atoms with Crippen molar-refractivity contribution in [3.63, 3.8) is 0 Å². The Kier molecular flexibility index (Phi) is 5.69. The average Bonchev–Trinajstić information content (AvgIpc) is 2.50. The Hall–Kier alpha value is -1.71. The van der Waals surface area contributed by atoms with Crippen LogP contribution in [0.2, 0.25) is 13.1 Å². The first-order chi connectivity index (χ1) is 10.5. The summed E-state index contributed by atoms with van der Waals surface area (Å²) in [5.74, 6) is -0.204. The quantitative estimate of drug-likeness (QED) is 0.699. The lowest BCUT2D eigenvalue weighted by atomic mass is 10.2. The van der Waals surface area contributed by atoms with E-state index in [1.807, 2.05) is 12.1 Å². The lowest BCUT2D eigenvalue weighted by Gasteiger charge is -2.27. The number of rotatable bonds is 6. The van der Waals surface area contributed by atoms with Gasteiger partial charge in [0.1, 0.15) is 5.82 Å². The molecule has 2 aromatic carbocycles. The monoisotopic (exact) mass is 314 g/mol. The van der Waals surface area contributed by atoms with Crippen molar-refractivity contribution < 1.29 is 8.82 Å². The van der Waals surface area contributed by atoms with Crippen molar-refractivity contribution >= 4 is 19.6 Å². The van der Waals surface area contributed by atoms with Crippen molar-refractivity contribution in [2.45, 2.75) is 32.5 Å². The van der Waals surface area contributed by atoms with Crippen LogP contribution in [0.4, 0.5) is 4.39 Å². The molecule has 0 heterocycles. The molecule has 1 nitrogen and oxygen atoms in total. The molecule has 0 amide bonds. The molecule has 116 valence electrons. The van der Waals surface area contributed by atoms with Gasteiger partial charge in [0, 0.05) is 6.10 Å². The third kappa shape index (κ3) is 4.93. The fourth-order valence-corrected chi connectivity index (χ4v) is 4.66. The molecule has 0 aliphatic heterocycles. The molecule has 0 saturated heterocycles. The first kappa shape index (κ1) is 16.7. The van der Waals surface area contributed by atoms with Crippen molar-refractivity contribution in [2.24, 2.45) is 0 Å². The smallest absolute Gasteiger partial charge is 0.218 e. The maximum atomic E-state index is 12.8. The molecule has 0 aromatic heterocycles. The van der Waals surface area contributed by atoms with Crippen LogP contribution in [0.25, 0.3) is 6.08 Å². The van der Waals surface area contributed by atoms with E-state index in [9.17, 15) is 4.39 Å². The minimum atomic E-state index is -1.86. The molecule has 0 bridgehead atoms. The fourth-order valence-electron chi connectivity index (χ4n) is 2.43. The van der Waals surface area contributed by atoms with Crippen molar-refractivity contribution in [3.8, 4) is 0 Å². The number of halogens is 1. The van der Waals surface area contributed by atoms with E-state index < -0.39 is 8.32 Å². The van der Waals surface area contributed by atoms with Crippen LogP contribution < -0.4 is 5.19 Å². The molecule has 0 N–H and O–H groups in total. The van der Waals surface area contributed by atoms with Crippen molar-refractivity contribution in [1.82, 2.24) is 0 Å². The Labute approximate surface area is 133 Å². The van der Waals surface area contributed by atoms with Gasteiger partial charge in [-0.1, -0.05) is 54.6 Å². The lowest BCUT2D eigenvalue weighted by Crippen LogP contribution is -2.46. The van der Waals surface area contributed by atoms with Gasteiger partial charge in [-0.3, -0.25) is 0 Å². The van der Waals surface area contributed by atoms with Gasteiger partial charge in [-0.25, -0.2) is 4.39 Å². The molecule has 1 unspecified atom stereocenters. The summed E-state index contributed by atoms with van der Waals surface area (Å²) in [4.78, 5) is 0. The molecule has 0 radical (unpaired) electrons. The second kappa shape index (κ2) is 7.52. The van der Waals surface area contributed by atoms with Crippen LogP contribution >= 0.6 is 0 Å². The van der Waals surface area contributed by atoms with Gasteiger partial charge in [0.2, 0.25) is 8.32 Å². The Balaban J connectivity index is 1.90. The molecule has 3 heteroatoms. The van der Waals surface area contributed by atoms with Gasteiger partial charge in [0.15, 0.2) is 0 Å². The normalized spacial score (nSPS) is 13.5. The summed E-state index contributed by atoms with van der Waals surface area (Å²) in [6.07, 6.45) is 5.11. The molecule has 1 atom stereocenters. The molecule has 2 aromatic rings. The van der Waals surface area contributed by atoms with E-state index in [0.717, 1.165) is 12.0 Å². The van der Waals surface area contributed by atoms with E-state index in [-0.39, 0.29) is 11.9 Å². The summed E-state index contributed by atoms with van der Waals surface area (Å²) in [6.45, 7) is 6.55. The zero-order chi connectivity index (χ0) is 16.0. The van der Waals surface area contributed by atoms with Crippen molar-refractivity contribution in [1.29, 1.82) is 0 Å². The molecular formula is C19H23FOSi. The minimum Gasteiger partial charge on any atom is -0.410 e. The van der Waals surface area contributed by atoms with Gasteiger partial charge in [-0.05, 0) is 49.3 Å². The Bertz CT molecular complexity index is 605. The third-order valence-corrected chi connectivity index (χ3v) is 6.33. The van der Waals surface area contributed by atoms with E-state index in [1.165, 1.54) is 17.3 Å². The zero-order valence-electron chi connectivity index (χ0n) is 13.4. The van der Waals surface area contributed by atoms with Gasteiger partial charge >= 0.3 is 0 Å². The molecular weight excluding hydrogens is 291 g/mol. The first-order valence-corrected chi connectivity index (χ1v) is 10.5. The van der Waals surface area contributed by atoms with Gasteiger partial charge < -0.3 is 4.43 Å². The maximum absolute atomic E-state index is 12.8. The lowest BCUT2D eigenvalue weighted by molar-refractivity contribution is 0.221. The van der Waals surface area contributed by atoms with Gasteiger partial charge in [0.25, 0.3) is 0 Å². The van der Waals surface area contributed by atoms with Crippen LogP contribution in [0.3, 0.4) is 0 Å². The topological polar surface area (TPSA) is 9.23 Å². The van der Waals surface area contributed by atoms with Crippen molar-refractivity contribution in [3.05, 3.63) is 72.1 Å². The van der Waals surface area contributed by atoms with Crippen molar-refractivity contribution in [2.75, 3.05) is 0 Å². The van der Waals surface area contributed by atoms with Crippen LogP contribution in [0.5, 0.6) is 0 Å². The van der Waals surface area contributed by atoms with E-state index in [2.05, 4.69) is 50.4 Å². The minimum absolute atomic E-state index is 0.165. The summed E-state index contributed by atoms with van der Waals surface area (Å²) >= 11 is 0. The van der Waals surface area contributed by atoms with Crippen LogP contribution in [-0.4, -0.2) is 14.4 Å². The number of hydrogen-bond donors (Lipinski definition) is 0. The summed E-state index contributed by atoms with van der Waals surface area (Å²) in [7, 11) is -1.86. The van der Waals surface area contributed by atoms with Crippen LogP contribution in [0.1, 0.15) is 18.9 Å². The third-order valence-electron chi connectivity index (χ3n) is 3.61. The second-order valence-electron chi connectivity index (χ2n) is 5.99. The largest absolute Gasteiger partial charge is 0.410 e. The van der Waals surface area contributed by atoms with Gasteiger partial charge in [0.05, 0.1) is 0 Å². The SMILES string of the molecule is CC(C/C=C\c1ccc(F)cc1)O[Si](C)(C)c1ccccc1. The van der Waals surface area contributed by atoms with Gasteiger partial charge in [-0.2, -0.15) is 0 Å². The molecule has 0 fully saturated rings. The maximum Gasteiger partial charge on any atom is 0.218 e. The molecule has 0 saturated carbocycles. The van der Waals surface area contributed by atoms with E-state index in [0.29, 0.717) is 0 Å². The number of hydrogen-bond acceptors (Lipinski definition) is 1. The van der Waals surface area contributed by atoms with Crippen LogP contribution in [0.15, 0.2) is 60.7 Å². The summed E-state index contributed by atoms with van der Waals surface area (Å²) in [5, 5.41) is 1.31. The highest BCUT2D eigenvalue weighted by Crippen LogP contribution is 2.12. The standard InChI is InChI=1S/C19H23FOSi/c1-16(8-7-9-17-12-14-18(20)15-13-17)21-22(2,3)19-10-5-4-6-11-19/h4-7,9-16H,8H2,1-3H3/b9-7-. The van der Waals surface area contributed by atoms with Gasteiger partial charge in [-0.15, -0.1) is 0 Å². The Morgan fingerprint density at radius 3 is 2.32 bits per heavy atom. The van der Waals surface area contributed by atoms with Crippen LogP contribution in [-0.2, 0) is 4.43 Å². The highest BCUT2D eigenvalue weighted by Gasteiger charge is 2.26. The first-order valence-electron chi connectivity index (χ1n) is 7.63. The molecule has 0 aliphatic rings.